The molecule has 0 spiro atoms. The van der Waals surface area contributed by atoms with Crippen molar-refractivity contribution in [1.82, 2.24) is 0 Å². The van der Waals surface area contributed by atoms with Crippen molar-refractivity contribution in [2.24, 2.45) is 0 Å². The predicted molar refractivity (Wildman–Crippen MR) is 86.2 cm³/mol. The highest BCUT2D eigenvalue weighted by atomic mass is 16.5. The average molecular weight is 282 g/mol. The Hall–Kier alpha value is -2.09. The number of benzene rings is 2. The Bertz CT molecular complexity index is 612. The average Bonchev–Trinajstić information content (AvgIpc) is 2.50. The van der Waals surface area contributed by atoms with E-state index in [9.17, 15) is 4.79 Å². The summed E-state index contributed by atoms with van der Waals surface area (Å²) in [5.41, 5.74) is 3.77. The molecule has 0 heterocycles. The Morgan fingerprint density at radius 2 is 1.62 bits per heavy atom. The number of aryl methyl sites for hydroxylation is 2. The molecule has 2 heteroatoms. The lowest BCUT2D eigenvalue weighted by atomic mass is 9.99. The van der Waals surface area contributed by atoms with Crippen LogP contribution in [0.4, 0.5) is 0 Å². The van der Waals surface area contributed by atoms with Crippen LogP contribution in [0.3, 0.4) is 0 Å². The highest BCUT2D eigenvalue weighted by Gasteiger charge is 2.10. The van der Waals surface area contributed by atoms with Crippen LogP contribution in [0.5, 0.6) is 5.75 Å². The van der Waals surface area contributed by atoms with E-state index in [-0.39, 0.29) is 5.78 Å². The maximum atomic E-state index is 12.4. The van der Waals surface area contributed by atoms with Crippen LogP contribution in [-0.4, -0.2) is 12.4 Å². The van der Waals surface area contributed by atoms with Gasteiger partial charge in [-0.05, 0) is 61.7 Å². The molecule has 110 valence electrons. The fourth-order valence-corrected chi connectivity index (χ4v) is 2.09. The highest BCUT2D eigenvalue weighted by molar-refractivity contribution is 6.09. The first-order valence-corrected chi connectivity index (χ1v) is 7.46. The Labute approximate surface area is 126 Å². The number of unbranched alkanes of at least 4 members (excludes halogenated alkanes) is 1. The van der Waals surface area contributed by atoms with Gasteiger partial charge in [-0.1, -0.05) is 25.5 Å². The Balaban J connectivity index is 2.10. The summed E-state index contributed by atoms with van der Waals surface area (Å²) in [5.74, 6) is 0.873. The second kappa shape index (κ2) is 7.07. The quantitative estimate of drug-likeness (QED) is 0.566. The minimum Gasteiger partial charge on any atom is -0.494 e. The fourth-order valence-electron chi connectivity index (χ4n) is 2.09. The summed E-state index contributed by atoms with van der Waals surface area (Å²) < 4.78 is 5.61. The standard InChI is InChI=1S/C19H22O2/c1-4-5-12-21-18-10-8-16(9-11-18)19(20)17-7-6-14(2)15(3)13-17/h6-11,13H,4-5,12H2,1-3H3. The summed E-state index contributed by atoms with van der Waals surface area (Å²) in [6.45, 7) is 6.93. The topological polar surface area (TPSA) is 26.3 Å². The van der Waals surface area contributed by atoms with E-state index in [1.165, 1.54) is 5.56 Å². The maximum Gasteiger partial charge on any atom is 0.193 e. The molecule has 0 radical (unpaired) electrons. The van der Waals surface area contributed by atoms with Crippen LogP contribution in [0.15, 0.2) is 42.5 Å². The second-order valence-electron chi connectivity index (χ2n) is 5.35. The van der Waals surface area contributed by atoms with Crippen molar-refractivity contribution in [3.63, 3.8) is 0 Å². The molecule has 0 atom stereocenters. The van der Waals surface area contributed by atoms with E-state index >= 15 is 0 Å². The molecule has 0 unspecified atom stereocenters. The van der Waals surface area contributed by atoms with E-state index in [0.29, 0.717) is 5.56 Å². The number of hydrogen-bond donors (Lipinski definition) is 0. The van der Waals surface area contributed by atoms with Crippen molar-refractivity contribution in [2.45, 2.75) is 33.6 Å². The predicted octanol–water partition coefficient (Wildman–Crippen LogP) is 4.71. The van der Waals surface area contributed by atoms with Gasteiger partial charge in [0.2, 0.25) is 0 Å². The summed E-state index contributed by atoms with van der Waals surface area (Å²) in [6, 6.07) is 13.2. The minimum absolute atomic E-state index is 0.0539. The van der Waals surface area contributed by atoms with Gasteiger partial charge >= 0.3 is 0 Å². The monoisotopic (exact) mass is 282 g/mol. The molecule has 0 saturated carbocycles. The van der Waals surface area contributed by atoms with Crippen molar-refractivity contribution in [3.8, 4) is 5.75 Å². The first kappa shape index (κ1) is 15.3. The number of ketones is 1. The summed E-state index contributed by atoms with van der Waals surface area (Å²) in [4.78, 5) is 12.4. The van der Waals surface area contributed by atoms with Crippen molar-refractivity contribution in [1.29, 1.82) is 0 Å². The zero-order valence-corrected chi connectivity index (χ0v) is 13.0. The van der Waals surface area contributed by atoms with Crippen LogP contribution in [-0.2, 0) is 0 Å². The van der Waals surface area contributed by atoms with E-state index in [4.69, 9.17) is 4.74 Å². The van der Waals surface area contributed by atoms with E-state index < -0.39 is 0 Å². The lowest BCUT2D eigenvalue weighted by molar-refractivity contribution is 0.103. The van der Waals surface area contributed by atoms with Crippen molar-refractivity contribution >= 4 is 5.78 Å². The zero-order valence-electron chi connectivity index (χ0n) is 13.0. The first-order valence-electron chi connectivity index (χ1n) is 7.46. The third-order valence-corrected chi connectivity index (χ3v) is 3.65. The van der Waals surface area contributed by atoms with Gasteiger partial charge in [0.05, 0.1) is 6.61 Å². The van der Waals surface area contributed by atoms with E-state index in [0.717, 1.165) is 36.3 Å². The molecule has 0 aromatic heterocycles. The molecule has 0 N–H and O–H groups in total. The molecule has 2 aromatic carbocycles. The summed E-state index contributed by atoms with van der Waals surface area (Å²) >= 11 is 0. The van der Waals surface area contributed by atoms with Gasteiger partial charge in [0.25, 0.3) is 0 Å². The Kier molecular flexibility index (Phi) is 5.15. The van der Waals surface area contributed by atoms with Gasteiger partial charge < -0.3 is 4.74 Å². The Morgan fingerprint density at radius 3 is 2.24 bits per heavy atom. The molecular weight excluding hydrogens is 260 g/mol. The molecule has 2 rings (SSSR count). The van der Waals surface area contributed by atoms with Crippen molar-refractivity contribution in [3.05, 3.63) is 64.7 Å². The lowest BCUT2D eigenvalue weighted by Gasteiger charge is -2.07. The Morgan fingerprint density at radius 1 is 0.952 bits per heavy atom. The summed E-state index contributed by atoms with van der Waals surface area (Å²) in [6.07, 6.45) is 2.16. The molecule has 0 aliphatic rings. The van der Waals surface area contributed by atoms with Crippen molar-refractivity contribution in [2.75, 3.05) is 6.61 Å². The zero-order chi connectivity index (χ0) is 15.2. The van der Waals surface area contributed by atoms with E-state index in [2.05, 4.69) is 6.92 Å². The van der Waals surface area contributed by atoms with Gasteiger partial charge in [0, 0.05) is 11.1 Å². The van der Waals surface area contributed by atoms with Gasteiger partial charge in [-0.25, -0.2) is 0 Å². The van der Waals surface area contributed by atoms with Crippen LogP contribution in [0, 0.1) is 13.8 Å². The first-order chi connectivity index (χ1) is 10.1. The van der Waals surface area contributed by atoms with E-state index in [1.54, 1.807) is 0 Å². The summed E-state index contributed by atoms with van der Waals surface area (Å²) in [5, 5.41) is 0. The van der Waals surface area contributed by atoms with Crippen LogP contribution < -0.4 is 4.74 Å². The number of rotatable bonds is 6. The lowest BCUT2D eigenvalue weighted by Crippen LogP contribution is -2.02. The number of carbonyl (C=O) groups is 1. The molecule has 2 aromatic rings. The minimum atomic E-state index is 0.0539. The van der Waals surface area contributed by atoms with E-state index in [1.807, 2.05) is 56.3 Å². The SMILES string of the molecule is CCCCOc1ccc(C(=O)c2ccc(C)c(C)c2)cc1. The van der Waals surface area contributed by atoms with Crippen LogP contribution in [0.25, 0.3) is 0 Å². The van der Waals surface area contributed by atoms with Gasteiger partial charge in [-0.15, -0.1) is 0 Å². The summed E-state index contributed by atoms with van der Waals surface area (Å²) in [7, 11) is 0. The molecular formula is C19H22O2. The second-order valence-corrected chi connectivity index (χ2v) is 5.35. The molecule has 21 heavy (non-hydrogen) atoms. The maximum absolute atomic E-state index is 12.4. The van der Waals surface area contributed by atoms with Gasteiger partial charge in [-0.2, -0.15) is 0 Å². The largest absolute Gasteiger partial charge is 0.494 e. The number of carbonyl (C=O) groups excluding carboxylic acids is 1. The van der Waals surface area contributed by atoms with Crippen molar-refractivity contribution < 1.29 is 9.53 Å². The number of ether oxygens (including phenoxy) is 1. The van der Waals surface area contributed by atoms with Crippen LogP contribution in [0.2, 0.25) is 0 Å². The molecule has 0 aliphatic carbocycles. The molecule has 0 amide bonds. The van der Waals surface area contributed by atoms with Gasteiger partial charge in [-0.3, -0.25) is 4.79 Å². The molecule has 0 saturated heterocycles. The fraction of sp³-hybridized carbons (Fsp3) is 0.316. The van der Waals surface area contributed by atoms with Gasteiger partial charge in [0.1, 0.15) is 5.75 Å². The third kappa shape index (κ3) is 3.94. The van der Waals surface area contributed by atoms with Gasteiger partial charge in [0.15, 0.2) is 5.78 Å². The van der Waals surface area contributed by atoms with Crippen LogP contribution >= 0.6 is 0 Å². The molecule has 0 bridgehead atoms. The molecule has 0 aliphatic heterocycles. The highest BCUT2D eigenvalue weighted by Crippen LogP contribution is 2.17. The number of hydrogen-bond acceptors (Lipinski definition) is 2. The molecule has 0 fully saturated rings. The normalized spacial score (nSPS) is 10.4. The van der Waals surface area contributed by atoms with Crippen LogP contribution in [0.1, 0.15) is 46.8 Å². The third-order valence-electron chi connectivity index (χ3n) is 3.65. The molecule has 2 nitrogen and oxygen atoms in total. The smallest absolute Gasteiger partial charge is 0.193 e.